The second kappa shape index (κ2) is 10.7. The highest BCUT2D eigenvalue weighted by Gasteiger charge is 2.28. The number of sulfonamides is 1. The summed E-state index contributed by atoms with van der Waals surface area (Å²) in [6.07, 6.45) is 0. The zero-order valence-electron chi connectivity index (χ0n) is 18.8. The number of amides is 1. The minimum absolute atomic E-state index is 0.123. The van der Waals surface area contributed by atoms with Gasteiger partial charge in [0.15, 0.2) is 0 Å². The van der Waals surface area contributed by atoms with E-state index in [4.69, 9.17) is 16.3 Å². The van der Waals surface area contributed by atoms with E-state index in [2.05, 4.69) is 5.32 Å². The van der Waals surface area contributed by atoms with Gasteiger partial charge < -0.3 is 10.1 Å². The van der Waals surface area contributed by atoms with Gasteiger partial charge in [0.25, 0.3) is 10.0 Å². The summed E-state index contributed by atoms with van der Waals surface area (Å²) in [5, 5.41) is 3.33. The maximum Gasteiger partial charge on any atom is 0.264 e. The summed E-state index contributed by atoms with van der Waals surface area (Å²) in [6.45, 7) is 5.75. The van der Waals surface area contributed by atoms with E-state index in [1.54, 1.807) is 36.4 Å². The molecule has 0 aliphatic carbocycles. The molecule has 0 aromatic heterocycles. The molecule has 3 rings (SSSR count). The highest BCUT2D eigenvalue weighted by molar-refractivity contribution is 7.92. The molecule has 1 N–H and O–H groups in total. The van der Waals surface area contributed by atoms with E-state index in [1.165, 1.54) is 12.1 Å². The van der Waals surface area contributed by atoms with Crippen molar-refractivity contribution in [3.63, 3.8) is 0 Å². The molecule has 3 aromatic rings. The van der Waals surface area contributed by atoms with Crippen LogP contribution in [0.3, 0.4) is 0 Å². The van der Waals surface area contributed by atoms with Crippen molar-refractivity contribution < 1.29 is 17.9 Å². The number of nitrogens with one attached hydrogen (secondary N) is 1. The van der Waals surface area contributed by atoms with Crippen molar-refractivity contribution in [1.82, 2.24) is 5.32 Å². The molecule has 0 atom stereocenters. The Morgan fingerprint density at radius 3 is 2.36 bits per heavy atom. The van der Waals surface area contributed by atoms with Crippen LogP contribution in [0.1, 0.15) is 16.7 Å². The van der Waals surface area contributed by atoms with Gasteiger partial charge in [-0.25, -0.2) is 8.42 Å². The number of hydrogen-bond donors (Lipinski definition) is 1. The Morgan fingerprint density at radius 1 is 0.970 bits per heavy atom. The third kappa shape index (κ3) is 6.27. The van der Waals surface area contributed by atoms with Gasteiger partial charge in [0.05, 0.1) is 17.1 Å². The molecule has 0 spiro atoms. The number of aryl methyl sites for hydroxylation is 3. The van der Waals surface area contributed by atoms with Crippen LogP contribution >= 0.6 is 11.6 Å². The van der Waals surface area contributed by atoms with Gasteiger partial charge in [0, 0.05) is 5.02 Å². The Kier molecular flexibility index (Phi) is 8.00. The first-order valence-electron chi connectivity index (χ1n) is 10.5. The molecule has 0 fully saturated rings. The molecule has 3 aromatic carbocycles. The standard InChI is InChI=1S/C25H27ClN2O4S/c1-18-9-12-24(20(3)15-18)28(33(30,31)22-7-5-4-6-8-22)17-25(29)27-13-14-32-21-11-10-19(2)23(26)16-21/h4-12,15-16H,13-14,17H2,1-3H3,(H,27,29). The normalized spacial score (nSPS) is 11.2. The molecule has 0 saturated heterocycles. The van der Waals surface area contributed by atoms with Crippen LogP contribution in [-0.2, 0) is 14.8 Å². The quantitative estimate of drug-likeness (QED) is 0.446. The molecule has 33 heavy (non-hydrogen) atoms. The summed E-state index contributed by atoms with van der Waals surface area (Å²) in [5.41, 5.74) is 3.18. The second-order valence-electron chi connectivity index (χ2n) is 7.72. The summed E-state index contributed by atoms with van der Waals surface area (Å²) < 4.78 is 33.5. The van der Waals surface area contributed by atoms with E-state index < -0.39 is 15.9 Å². The van der Waals surface area contributed by atoms with E-state index in [0.717, 1.165) is 21.0 Å². The van der Waals surface area contributed by atoms with E-state index in [-0.39, 0.29) is 24.6 Å². The molecule has 0 aliphatic heterocycles. The fourth-order valence-corrected chi connectivity index (χ4v) is 4.99. The molecular weight excluding hydrogens is 460 g/mol. The highest BCUT2D eigenvalue weighted by atomic mass is 35.5. The average Bonchev–Trinajstić information content (AvgIpc) is 2.78. The lowest BCUT2D eigenvalue weighted by Crippen LogP contribution is -2.42. The Bertz CT molecular complexity index is 1230. The average molecular weight is 487 g/mol. The predicted molar refractivity (Wildman–Crippen MR) is 132 cm³/mol. The van der Waals surface area contributed by atoms with Crippen molar-refractivity contribution in [1.29, 1.82) is 0 Å². The van der Waals surface area contributed by atoms with Crippen molar-refractivity contribution in [2.75, 3.05) is 24.0 Å². The highest BCUT2D eigenvalue weighted by Crippen LogP contribution is 2.27. The van der Waals surface area contributed by atoms with Crippen molar-refractivity contribution in [3.8, 4) is 5.75 Å². The van der Waals surface area contributed by atoms with Crippen LogP contribution in [0.2, 0.25) is 5.02 Å². The zero-order chi connectivity index (χ0) is 24.0. The van der Waals surface area contributed by atoms with Crippen LogP contribution in [0.25, 0.3) is 0 Å². The van der Waals surface area contributed by atoms with Crippen LogP contribution in [-0.4, -0.2) is 34.0 Å². The topological polar surface area (TPSA) is 75.7 Å². The lowest BCUT2D eigenvalue weighted by molar-refractivity contribution is -0.119. The van der Waals surface area contributed by atoms with Crippen LogP contribution in [0.4, 0.5) is 5.69 Å². The van der Waals surface area contributed by atoms with Crippen LogP contribution in [0, 0.1) is 20.8 Å². The third-order valence-corrected chi connectivity index (χ3v) is 7.26. The molecule has 0 unspecified atom stereocenters. The van der Waals surface area contributed by atoms with Gasteiger partial charge in [-0.05, 0) is 62.2 Å². The minimum atomic E-state index is -3.94. The molecule has 0 radical (unpaired) electrons. The number of nitrogens with zero attached hydrogens (tertiary/aromatic N) is 1. The summed E-state index contributed by atoms with van der Waals surface area (Å²) in [4.78, 5) is 12.8. The summed E-state index contributed by atoms with van der Waals surface area (Å²) in [5.74, 6) is 0.170. The summed E-state index contributed by atoms with van der Waals surface area (Å²) in [7, 11) is -3.94. The van der Waals surface area contributed by atoms with E-state index in [1.807, 2.05) is 39.0 Å². The van der Waals surface area contributed by atoms with Crippen molar-refractivity contribution in [2.24, 2.45) is 0 Å². The second-order valence-corrected chi connectivity index (χ2v) is 9.99. The van der Waals surface area contributed by atoms with E-state index in [0.29, 0.717) is 16.5 Å². The van der Waals surface area contributed by atoms with E-state index in [9.17, 15) is 13.2 Å². The van der Waals surface area contributed by atoms with Crippen molar-refractivity contribution >= 4 is 33.2 Å². The maximum atomic E-state index is 13.4. The molecule has 8 heteroatoms. The van der Waals surface area contributed by atoms with Gasteiger partial charge in [-0.3, -0.25) is 9.10 Å². The maximum absolute atomic E-state index is 13.4. The molecule has 0 aliphatic rings. The van der Waals surface area contributed by atoms with Crippen LogP contribution in [0.15, 0.2) is 71.6 Å². The van der Waals surface area contributed by atoms with Crippen LogP contribution in [0.5, 0.6) is 5.75 Å². The van der Waals surface area contributed by atoms with Gasteiger partial charge in [-0.15, -0.1) is 0 Å². The van der Waals surface area contributed by atoms with Crippen LogP contribution < -0.4 is 14.4 Å². The number of carbonyl (C=O) groups is 1. The van der Waals surface area contributed by atoms with Gasteiger partial charge in [-0.1, -0.05) is 53.6 Å². The fraction of sp³-hybridized carbons (Fsp3) is 0.240. The van der Waals surface area contributed by atoms with Crippen molar-refractivity contribution in [3.05, 3.63) is 88.4 Å². The first-order valence-corrected chi connectivity index (χ1v) is 12.3. The van der Waals surface area contributed by atoms with Gasteiger partial charge >= 0.3 is 0 Å². The summed E-state index contributed by atoms with van der Waals surface area (Å²) >= 11 is 6.10. The summed E-state index contributed by atoms with van der Waals surface area (Å²) in [6, 6.07) is 18.9. The molecular formula is C25H27ClN2O4S. The number of hydrogen-bond acceptors (Lipinski definition) is 4. The Balaban J connectivity index is 1.71. The number of rotatable bonds is 9. The van der Waals surface area contributed by atoms with Gasteiger partial charge in [0.1, 0.15) is 18.9 Å². The van der Waals surface area contributed by atoms with E-state index >= 15 is 0 Å². The SMILES string of the molecule is Cc1ccc(N(CC(=O)NCCOc2ccc(C)c(Cl)c2)S(=O)(=O)c2ccccc2)c(C)c1. The predicted octanol–water partition coefficient (Wildman–Crippen LogP) is 4.66. The lowest BCUT2D eigenvalue weighted by atomic mass is 10.1. The zero-order valence-corrected chi connectivity index (χ0v) is 20.4. The number of anilines is 1. The van der Waals surface area contributed by atoms with Gasteiger partial charge in [-0.2, -0.15) is 0 Å². The molecule has 0 bridgehead atoms. The largest absolute Gasteiger partial charge is 0.492 e. The third-order valence-electron chi connectivity index (χ3n) is 5.08. The fourth-order valence-electron chi connectivity index (χ4n) is 3.31. The monoisotopic (exact) mass is 486 g/mol. The van der Waals surface area contributed by atoms with Gasteiger partial charge in [0.2, 0.25) is 5.91 Å². The first kappa shape index (κ1) is 24.6. The van der Waals surface area contributed by atoms with Crippen molar-refractivity contribution in [2.45, 2.75) is 25.7 Å². The number of carbonyl (C=O) groups excluding carboxylic acids is 1. The number of ether oxygens (including phenoxy) is 1. The molecule has 1 amide bonds. The lowest BCUT2D eigenvalue weighted by Gasteiger charge is -2.26. The molecule has 0 heterocycles. The molecule has 0 saturated carbocycles. The number of halogens is 1. The Hall–Kier alpha value is -3.03. The molecule has 6 nitrogen and oxygen atoms in total. The minimum Gasteiger partial charge on any atom is -0.492 e. The Morgan fingerprint density at radius 2 is 1.70 bits per heavy atom. The number of benzene rings is 3. The Labute approximate surface area is 200 Å². The first-order chi connectivity index (χ1) is 15.7. The smallest absolute Gasteiger partial charge is 0.264 e. The molecule has 174 valence electrons.